The Bertz CT molecular complexity index is 780. The summed E-state index contributed by atoms with van der Waals surface area (Å²) in [5, 5.41) is 0. The maximum absolute atomic E-state index is 12.8. The molecule has 0 spiro atoms. The van der Waals surface area contributed by atoms with Crippen LogP contribution in [-0.4, -0.2) is 15.0 Å². The van der Waals surface area contributed by atoms with Crippen LogP contribution < -0.4 is 9.03 Å². The van der Waals surface area contributed by atoms with Gasteiger partial charge in [-0.1, -0.05) is 36.4 Å². The topological polar surface area (TPSA) is 49.4 Å². The van der Waals surface area contributed by atoms with Crippen molar-refractivity contribution in [1.29, 1.82) is 0 Å². The third-order valence-corrected chi connectivity index (χ3v) is 5.49. The standard InChI is InChI=1S/C17H20N2O2S/c1-13-7-5-8-14(2)17(13)18-22(20,21)19-12-6-10-15-9-3-4-11-16(15)19/h3-5,7-9,11,18H,6,10,12H2,1-2H3. The molecule has 116 valence electrons. The summed E-state index contributed by atoms with van der Waals surface area (Å²) in [4.78, 5) is 0. The van der Waals surface area contributed by atoms with Crippen molar-refractivity contribution in [2.75, 3.05) is 15.6 Å². The van der Waals surface area contributed by atoms with Gasteiger partial charge in [0.15, 0.2) is 0 Å². The second kappa shape index (κ2) is 5.65. The van der Waals surface area contributed by atoms with Gasteiger partial charge < -0.3 is 0 Å². The molecule has 0 saturated heterocycles. The maximum Gasteiger partial charge on any atom is 0.323 e. The van der Waals surface area contributed by atoms with Gasteiger partial charge >= 0.3 is 10.2 Å². The van der Waals surface area contributed by atoms with Gasteiger partial charge in [0.1, 0.15) is 0 Å². The molecule has 0 radical (unpaired) electrons. The molecule has 2 aromatic carbocycles. The average molecular weight is 316 g/mol. The molecule has 0 amide bonds. The predicted octanol–water partition coefficient (Wildman–Crippen LogP) is 3.41. The van der Waals surface area contributed by atoms with Crippen LogP contribution in [0.4, 0.5) is 11.4 Å². The summed E-state index contributed by atoms with van der Waals surface area (Å²) in [5.74, 6) is 0. The molecule has 1 heterocycles. The Kier molecular flexibility index (Phi) is 3.83. The van der Waals surface area contributed by atoms with Gasteiger partial charge in [0.25, 0.3) is 0 Å². The molecule has 1 aliphatic rings. The molecule has 0 aromatic heterocycles. The number of hydrogen-bond donors (Lipinski definition) is 1. The molecule has 0 aliphatic carbocycles. The number of nitrogens with one attached hydrogen (secondary N) is 1. The zero-order valence-corrected chi connectivity index (χ0v) is 13.7. The van der Waals surface area contributed by atoms with Gasteiger partial charge in [0, 0.05) is 6.54 Å². The number of fused-ring (bicyclic) bond motifs is 1. The van der Waals surface area contributed by atoms with Crippen LogP contribution in [0.2, 0.25) is 0 Å². The summed E-state index contributed by atoms with van der Waals surface area (Å²) in [5.41, 5.74) is 4.39. The third kappa shape index (κ3) is 2.68. The molecular formula is C17H20N2O2S. The molecule has 0 fully saturated rings. The van der Waals surface area contributed by atoms with Gasteiger partial charge in [-0.05, 0) is 49.4 Å². The normalized spacial score (nSPS) is 14.5. The molecule has 2 aromatic rings. The molecule has 0 atom stereocenters. The first kappa shape index (κ1) is 14.9. The summed E-state index contributed by atoms with van der Waals surface area (Å²) in [6, 6.07) is 13.5. The van der Waals surface area contributed by atoms with Gasteiger partial charge in [-0.3, -0.25) is 9.03 Å². The molecule has 0 bridgehead atoms. The molecule has 3 rings (SSSR count). The van der Waals surface area contributed by atoms with Gasteiger partial charge in [0.05, 0.1) is 11.4 Å². The van der Waals surface area contributed by atoms with E-state index in [0.717, 1.165) is 35.2 Å². The SMILES string of the molecule is Cc1cccc(C)c1NS(=O)(=O)N1CCCc2ccccc21. The quantitative estimate of drug-likeness (QED) is 0.943. The zero-order chi connectivity index (χ0) is 15.7. The van der Waals surface area contributed by atoms with E-state index in [1.54, 1.807) is 0 Å². The van der Waals surface area contributed by atoms with Crippen LogP contribution in [0.5, 0.6) is 0 Å². The minimum atomic E-state index is -3.61. The lowest BCUT2D eigenvalue weighted by Gasteiger charge is -2.31. The van der Waals surface area contributed by atoms with E-state index in [2.05, 4.69) is 4.72 Å². The molecular weight excluding hydrogens is 296 g/mol. The number of nitrogens with zero attached hydrogens (tertiary/aromatic N) is 1. The first-order valence-corrected chi connectivity index (χ1v) is 8.87. The van der Waals surface area contributed by atoms with Gasteiger partial charge in [-0.15, -0.1) is 0 Å². The minimum Gasteiger partial charge on any atom is -0.266 e. The van der Waals surface area contributed by atoms with Crippen molar-refractivity contribution in [3.63, 3.8) is 0 Å². The summed E-state index contributed by atoms with van der Waals surface area (Å²) < 4.78 is 29.9. The predicted molar refractivity (Wildman–Crippen MR) is 90.6 cm³/mol. The van der Waals surface area contributed by atoms with Gasteiger partial charge in [-0.2, -0.15) is 8.42 Å². The maximum atomic E-state index is 12.8. The highest BCUT2D eigenvalue weighted by atomic mass is 32.2. The molecule has 0 unspecified atom stereocenters. The van der Waals surface area contributed by atoms with E-state index in [0.29, 0.717) is 12.2 Å². The van der Waals surface area contributed by atoms with E-state index in [1.807, 2.05) is 56.3 Å². The lowest BCUT2D eigenvalue weighted by Crippen LogP contribution is -2.39. The van der Waals surface area contributed by atoms with E-state index < -0.39 is 10.2 Å². The highest BCUT2D eigenvalue weighted by Gasteiger charge is 2.27. The van der Waals surface area contributed by atoms with E-state index in [4.69, 9.17) is 0 Å². The Morgan fingerprint density at radius 2 is 1.68 bits per heavy atom. The van der Waals surface area contributed by atoms with Crippen LogP contribution in [0.25, 0.3) is 0 Å². The van der Waals surface area contributed by atoms with Crippen LogP contribution in [0.3, 0.4) is 0 Å². The first-order chi connectivity index (χ1) is 10.5. The minimum absolute atomic E-state index is 0.511. The smallest absolute Gasteiger partial charge is 0.266 e. The molecule has 22 heavy (non-hydrogen) atoms. The summed E-state index contributed by atoms with van der Waals surface area (Å²) in [6.45, 7) is 4.33. The monoisotopic (exact) mass is 316 g/mol. The van der Waals surface area contributed by atoms with E-state index in [-0.39, 0.29) is 0 Å². The fourth-order valence-electron chi connectivity index (χ4n) is 2.91. The van der Waals surface area contributed by atoms with E-state index in [1.165, 1.54) is 4.31 Å². The molecule has 1 aliphatic heterocycles. The average Bonchev–Trinajstić information content (AvgIpc) is 2.50. The fraction of sp³-hybridized carbons (Fsp3) is 0.294. The number of hydrogen-bond acceptors (Lipinski definition) is 2. The molecule has 1 N–H and O–H groups in total. The Morgan fingerprint density at radius 3 is 2.41 bits per heavy atom. The van der Waals surface area contributed by atoms with Crippen molar-refractivity contribution >= 4 is 21.6 Å². The van der Waals surface area contributed by atoms with Crippen LogP contribution in [0, 0.1) is 13.8 Å². The van der Waals surface area contributed by atoms with Crippen molar-refractivity contribution in [3.8, 4) is 0 Å². The van der Waals surface area contributed by atoms with Crippen molar-refractivity contribution in [2.24, 2.45) is 0 Å². The van der Waals surface area contributed by atoms with Crippen LogP contribution in [0.1, 0.15) is 23.1 Å². The summed E-state index contributed by atoms with van der Waals surface area (Å²) >= 11 is 0. The molecule has 4 nitrogen and oxygen atoms in total. The highest BCUT2D eigenvalue weighted by molar-refractivity contribution is 7.94. The second-order valence-corrected chi connectivity index (χ2v) is 7.27. The Labute approximate surface area is 132 Å². The number of aryl methyl sites for hydroxylation is 3. The van der Waals surface area contributed by atoms with Gasteiger partial charge in [-0.25, -0.2) is 0 Å². The Morgan fingerprint density at radius 1 is 1.00 bits per heavy atom. The number of rotatable bonds is 3. The number of para-hydroxylation sites is 2. The van der Waals surface area contributed by atoms with Crippen LogP contribution in [-0.2, 0) is 16.6 Å². The molecule has 0 saturated carbocycles. The zero-order valence-electron chi connectivity index (χ0n) is 12.8. The van der Waals surface area contributed by atoms with Crippen LogP contribution in [0.15, 0.2) is 42.5 Å². The lowest BCUT2D eigenvalue weighted by molar-refractivity contribution is 0.591. The van der Waals surface area contributed by atoms with E-state index >= 15 is 0 Å². The van der Waals surface area contributed by atoms with Crippen molar-refractivity contribution in [2.45, 2.75) is 26.7 Å². The third-order valence-electron chi connectivity index (χ3n) is 4.07. The number of benzene rings is 2. The van der Waals surface area contributed by atoms with Gasteiger partial charge in [0.2, 0.25) is 0 Å². The number of anilines is 2. The Balaban J connectivity index is 1.98. The summed E-state index contributed by atoms with van der Waals surface area (Å²) in [7, 11) is -3.61. The van der Waals surface area contributed by atoms with E-state index in [9.17, 15) is 8.42 Å². The lowest BCUT2D eigenvalue weighted by atomic mass is 10.0. The largest absolute Gasteiger partial charge is 0.323 e. The second-order valence-electron chi connectivity index (χ2n) is 5.68. The van der Waals surface area contributed by atoms with Crippen LogP contribution >= 0.6 is 0 Å². The van der Waals surface area contributed by atoms with Crippen molar-refractivity contribution < 1.29 is 8.42 Å². The highest BCUT2D eigenvalue weighted by Crippen LogP contribution is 2.30. The van der Waals surface area contributed by atoms with Crippen molar-refractivity contribution in [3.05, 3.63) is 59.2 Å². The fourth-order valence-corrected chi connectivity index (χ4v) is 4.40. The first-order valence-electron chi connectivity index (χ1n) is 7.43. The van der Waals surface area contributed by atoms with Crippen molar-refractivity contribution in [1.82, 2.24) is 0 Å². The molecule has 5 heteroatoms. The Hall–Kier alpha value is -2.01. The summed E-state index contributed by atoms with van der Waals surface area (Å²) in [6.07, 6.45) is 1.76.